The number of allylic oxidation sites excluding steroid dienone is 4. The van der Waals surface area contributed by atoms with Crippen molar-refractivity contribution in [3.05, 3.63) is 23.8 Å². The molecule has 0 aromatic rings. The van der Waals surface area contributed by atoms with Gasteiger partial charge in [0, 0.05) is 0 Å². The lowest BCUT2D eigenvalue weighted by Gasteiger charge is -2.05. The maximum absolute atomic E-state index is 2.28. The molecule has 0 saturated carbocycles. The zero-order valence-corrected chi connectivity index (χ0v) is 9.09. The summed E-state index contributed by atoms with van der Waals surface area (Å²) in [5.74, 6) is 1.42. The molecule has 0 heterocycles. The van der Waals surface area contributed by atoms with Crippen LogP contribution in [0.1, 0.15) is 41.0 Å². The van der Waals surface area contributed by atoms with E-state index in [4.69, 9.17) is 0 Å². The molecule has 0 heteroatoms. The summed E-state index contributed by atoms with van der Waals surface area (Å²) < 4.78 is 0. The first-order chi connectivity index (χ1) is 5.57. The topological polar surface area (TPSA) is 0 Å². The van der Waals surface area contributed by atoms with Crippen molar-refractivity contribution < 1.29 is 0 Å². The summed E-state index contributed by atoms with van der Waals surface area (Å²) in [6.07, 6.45) is 7.91. The largest absolute Gasteiger partial charge is 0.0842 e. The van der Waals surface area contributed by atoms with Gasteiger partial charge in [-0.3, -0.25) is 0 Å². The molecule has 0 radical (unpaired) electrons. The molecule has 0 nitrogen and oxygen atoms in total. The highest BCUT2D eigenvalue weighted by Crippen LogP contribution is 2.11. The monoisotopic (exact) mass is 166 g/mol. The lowest BCUT2D eigenvalue weighted by molar-refractivity contribution is 0.662. The molecule has 0 aliphatic rings. The Morgan fingerprint density at radius 2 is 1.75 bits per heavy atom. The fourth-order valence-corrected chi connectivity index (χ4v) is 1.10. The fraction of sp³-hybridized carbons (Fsp3) is 0.667. The van der Waals surface area contributed by atoms with E-state index in [2.05, 4.69) is 52.8 Å². The number of hydrogen-bond acceptors (Lipinski definition) is 0. The van der Waals surface area contributed by atoms with E-state index in [0.29, 0.717) is 5.92 Å². The van der Waals surface area contributed by atoms with Gasteiger partial charge < -0.3 is 0 Å². The van der Waals surface area contributed by atoms with Gasteiger partial charge in [-0.1, -0.05) is 51.5 Å². The van der Waals surface area contributed by atoms with Gasteiger partial charge in [-0.2, -0.15) is 0 Å². The standard InChI is InChI=1S/C12H22/c1-6-12(11(4)5)9-7-8-10(2)3/h6-7,9-11H,8H2,1-5H3. The van der Waals surface area contributed by atoms with Crippen molar-refractivity contribution in [2.45, 2.75) is 41.0 Å². The van der Waals surface area contributed by atoms with E-state index < -0.39 is 0 Å². The van der Waals surface area contributed by atoms with Crippen molar-refractivity contribution >= 4 is 0 Å². The van der Waals surface area contributed by atoms with Crippen LogP contribution in [0.4, 0.5) is 0 Å². The first-order valence-electron chi connectivity index (χ1n) is 4.90. The lowest BCUT2D eigenvalue weighted by Crippen LogP contribution is -1.90. The Morgan fingerprint density at radius 1 is 1.17 bits per heavy atom. The minimum Gasteiger partial charge on any atom is -0.0842 e. The van der Waals surface area contributed by atoms with Crippen LogP contribution in [0.25, 0.3) is 0 Å². The molecule has 0 rings (SSSR count). The van der Waals surface area contributed by atoms with Crippen LogP contribution in [0.5, 0.6) is 0 Å². The molecule has 0 aromatic heterocycles. The average molecular weight is 166 g/mol. The van der Waals surface area contributed by atoms with Gasteiger partial charge in [0.2, 0.25) is 0 Å². The molecule has 70 valence electrons. The SMILES string of the molecule is CC=C(C=CCC(C)C)C(C)C. The fourth-order valence-electron chi connectivity index (χ4n) is 1.10. The summed E-state index contributed by atoms with van der Waals surface area (Å²) in [5.41, 5.74) is 1.44. The van der Waals surface area contributed by atoms with Crippen LogP contribution in [0, 0.1) is 11.8 Å². The molecule has 0 bridgehead atoms. The van der Waals surface area contributed by atoms with Gasteiger partial charge in [0.1, 0.15) is 0 Å². The molecule has 0 unspecified atom stereocenters. The van der Waals surface area contributed by atoms with Gasteiger partial charge in [0.05, 0.1) is 0 Å². The molecule has 0 saturated heterocycles. The van der Waals surface area contributed by atoms with E-state index in [9.17, 15) is 0 Å². The molecule has 0 atom stereocenters. The smallest absolute Gasteiger partial charge is 0.0222 e. The van der Waals surface area contributed by atoms with Crippen LogP contribution in [-0.4, -0.2) is 0 Å². The molecule has 0 fully saturated rings. The first-order valence-corrected chi connectivity index (χ1v) is 4.90. The molecule has 0 amide bonds. The highest BCUT2D eigenvalue weighted by atomic mass is 14.0. The van der Waals surface area contributed by atoms with Crippen molar-refractivity contribution in [1.29, 1.82) is 0 Å². The van der Waals surface area contributed by atoms with Crippen LogP contribution in [-0.2, 0) is 0 Å². The second-order valence-corrected chi connectivity index (χ2v) is 3.98. The second-order valence-electron chi connectivity index (χ2n) is 3.98. The molecule has 0 aromatic carbocycles. The van der Waals surface area contributed by atoms with Crippen LogP contribution in [0.2, 0.25) is 0 Å². The van der Waals surface area contributed by atoms with Gasteiger partial charge in [0.25, 0.3) is 0 Å². The maximum Gasteiger partial charge on any atom is -0.0222 e. The van der Waals surface area contributed by atoms with Crippen molar-refractivity contribution in [2.75, 3.05) is 0 Å². The number of hydrogen-bond donors (Lipinski definition) is 0. The van der Waals surface area contributed by atoms with E-state index in [1.807, 2.05) is 0 Å². The summed E-state index contributed by atoms with van der Waals surface area (Å²) in [4.78, 5) is 0. The van der Waals surface area contributed by atoms with E-state index >= 15 is 0 Å². The second kappa shape index (κ2) is 6.05. The van der Waals surface area contributed by atoms with E-state index in [1.54, 1.807) is 0 Å². The Hall–Kier alpha value is -0.520. The summed E-state index contributed by atoms with van der Waals surface area (Å²) in [5, 5.41) is 0. The third-order valence-corrected chi connectivity index (χ3v) is 1.92. The predicted molar refractivity (Wildman–Crippen MR) is 57.2 cm³/mol. The van der Waals surface area contributed by atoms with Crippen molar-refractivity contribution in [3.63, 3.8) is 0 Å². The van der Waals surface area contributed by atoms with Crippen molar-refractivity contribution in [2.24, 2.45) is 11.8 Å². The normalized spacial score (nSPS) is 13.8. The first kappa shape index (κ1) is 11.5. The van der Waals surface area contributed by atoms with Crippen LogP contribution >= 0.6 is 0 Å². The Bertz CT molecular complexity index is 159. The molecule has 0 N–H and O–H groups in total. The van der Waals surface area contributed by atoms with Gasteiger partial charge >= 0.3 is 0 Å². The predicted octanol–water partition coefficient (Wildman–Crippen LogP) is 4.19. The summed E-state index contributed by atoms with van der Waals surface area (Å²) in [6.45, 7) is 11.1. The van der Waals surface area contributed by atoms with Gasteiger partial charge in [-0.25, -0.2) is 0 Å². The molecule has 0 spiro atoms. The van der Waals surface area contributed by atoms with Crippen molar-refractivity contribution in [3.8, 4) is 0 Å². The quantitative estimate of drug-likeness (QED) is 0.549. The Balaban J connectivity index is 3.95. The van der Waals surface area contributed by atoms with E-state index in [0.717, 1.165) is 5.92 Å². The number of rotatable bonds is 4. The minimum absolute atomic E-state index is 0.651. The lowest BCUT2D eigenvalue weighted by atomic mass is 10.0. The van der Waals surface area contributed by atoms with Crippen LogP contribution in [0.15, 0.2) is 23.8 Å². The Morgan fingerprint density at radius 3 is 2.08 bits per heavy atom. The summed E-state index contributed by atoms with van der Waals surface area (Å²) in [6, 6.07) is 0. The molecular formula is C12H22. The van der Waals surface area contributed by atoms with E-state index in [-0.39, 0.29) is 0 Å². The average Bonchev–Trinajstić information content (AvgIpc) is 1.96. The van der Waals surface area contributed by atoms with Crippen LogP contribution < -0.4 is 0 Å². The molecule has 12 heavy (non-hydrogen) atoms. The minimum atomic E-state index is 0.651. The van der Waals surface area contributed by atoms with Crippen LogP contribution in [0.3, 0.4) is 0 Å². The maximum atomic E-state index is 2.28. The third-order valence-electron chi connectivity index (χ3n) is 1.92. The van der Waals surface area contributed by atoms with Gasteiger partial charge in [-0.05, 0) is 25.2 Å². The highest BCUT2D eigenvalue weighted by Gasteiger charge is 1.96. The Kier molecular flexibility index (Phi) is 5.79. The zero-order valence-electron chi connectivity index (χ0n) is 9.09. The molecule has 0 aliphatic heterocycles. The van der Waals surface area contributed by atoms with Gasteiger partial charge in [-0.15, -0.1) is 0 Å². The zero-order chi connectivity index (χ0) is 9.56. The summed E-state index contributed by atoms with van der Waals surface area (Å²) in [7, 11) is 0. The third kappa shape index (κ3) is 5.17. The Labute approximate surface area is 77.4 Å². The highest BCUT2D eigenvalue weighted by molar-refractivity contribution is 5.19. The molecule has 0 aliphatic carbocycles. The van der Waals surface area contributed by atoms with Crippen molar-refractivity contribution in [1.82, 2.24) is 0 Å². The molecular weight excluding hydrogens is 144 g/mol. The van der Waals surface area contributed by atoms with Gasteiger partial charge in [0.15, 0.2) is 0 Å². The summed E-state index contributed by atoms with van der Waals surface area (Å²) >= 11 is 0. The van der Waals surface area contributed by atoms with E-state index in [1.165, 1.54) is 12.0 Å².